The monoisotopic (exact) mass is 506 g/mol. The van der Waals surface area contributed by atoms with Crippen LogP contribution in [0.1, 0.15) is 20.8 Å². The van der Waals surface area contributed by atoms with E-state index in [4.69, 9.17) is 27.9 Å². The second-order valence-corrected chi connectivity index (χ2v) is 9.89. The third-order valence-corrected chi connectivity index (χ3v) is 5.79. The Hall–Kier alpha value is -2.68. The third-order valence-electron chi connectivity index (χ3n) is 4.37. The SMILES string of the molecule is CC(C)(C)N(C(=O)O)c1cccc(SCCOc2cccc(Nc3nc(Cl)ncc3Cl)c2)c1. The number of ether oxygens (including phenoxy) is 1. The lowest BCUT2D eigenvalue weighted by molar-refractivity contribution is 0.195. The molecule has 0 radical (unpaired) electrons. The molecule has 3 aromatic rings. The molecule has 0 spiro atoms. The van der Waals surface area contributed by atoms with Gasteiger partial charge in [-0.05, 0) is 62.7 Å². The van der Waals surface area contributed by atoms with E-state index in [0.29, 0.717) is 34.6 Å². The molecule has 0 aliphatic carbocycles. The first-order valence-corrected chi connectivity index (χ1v) is 11.8. The van der Waals surface area contributed by atoms with Gasteiger partial charge in [0.25, 0.3) is 0 Å². The number of amides is 1. The number of carbonyl (C=O) groups is 1. The predicted octanol–water partition coefficient (Wildman–Crippen LogP) is 6.98. The Morgan fingerprint density at radius 3 is 2.67 bits per heavy atom. The highest BCUT2D eigenvalue weighted by Crippen LogP contribution is 2.29. The van der Waals surface area contributed by atoms with E-state index in [2.05, 4.69) is 15.3 Å². The van der Waals surface area contributed by atoms with E-state index >= 15 is 0 Å². The van der Waals surface area contributed by atoms with Crippen LogP contribution in [-0.4, -0.2) is 39.1 Å². The number of thioether (sulfide) groups is 1. The highest BCUT2D eigenvalue weighted by atomic mass is 35.5. The molecule has 10 heteroatoms. The maximum Gasteiger partial charge on any atom is 0.412 e. The number of rotatable bonds is 8. The van der Waals surface area contributed by atoms with E-state index < -0.39 is 11.6 Å². The molecule has 0 atom stereocenters. The molecule has 7 nitrogen and oxygen atoms in total. The third kappa shape index (κ3) is 7.15. The zero-order valence-electron chi connectivity index (χ0n) is 18.4. The van der Waals surface area contributed by atoms with Crippen molar-refractivity contribution in [3.63, 3.8) is 0 Å². The lowest BCUT2D eigenvalue weighted by Gasteiger charge is -2.33. The second-order valence-electron chi connectivity index (χ2n) is 7.97. The summed E-state index contributed by atoms with van der Waals surface area (Å²) in [6.45, 7) is 6.07. The lowest BCUT2D eigenvalue weighted by Crippen LogP contribution is -2.45. The van der Waals surface area contributed by atoms with Crippen LogP contribution < -0.4 is 15.0 Å². The second kappa shape index (κ2) is 11.0. The molecular formula is C23H24Cl2N4O3S. The topological polar surface area (TPSA) is 87.6 Å². The van der Waals surface area contributed by atoms with E-state index in [0.717, 1.165) is 10.6 Å². The molecule has 0 saturated heterocycles. The fourth-order valence-corrected chi connectivity index (χ4v) is 4.10. The minimum Gasteiger partial charge on any atom is -0.493 e. The van der Waals surface area contributed by atoms with E-state index in [1.54, 1.807) is 17.8 Å². The fourth-order valence-electron chi connectivity index (χ4n) is 3.05. The normalized spacial score (nSPS) is 11.2. The van der Waals surface area contributed by atoms with Gasteiger partial charge in [0.15, 0.2) is 5.82 Å². The molecule has 0 fully saturated rings. The largest absolute Gasteiger partial charge is 0.493 e. The number of carboxylic acid groups (broad SMARTS) is 1. The molecule has 3 rings (SSSR count). The zero-order valence-corrected chi connectivity index (χ0v) is 20.7. The molecule has 1 heterocycles. The Bertz CT molecular complexity index is 1120. The molecule has 0 aliphatic rings. The van der Waals surface area contributed by atoms with Gasteiger partial charge in [-0.15, -0.1) is 11.8 Å². The molecule has 174 valence electrons. The highest BCUT2D eigenvalue weighted by molar-refractivity contribution is 7.99. The first-order valence-electron chi connectivity index (χ1n) is 10.1. The van der Waals surface area contributed by atoms with Gasteiger partial charge in [0.2, 0.25) is 5.28 Å². The molecule has 0 aliphatic heterocycles. The van der Waals surface area contributed by atoms with Crippen LogP contribution in [0.3, 0.4) is 0 Å². The molecule has 1 aromatic heterocycles. The standard InChI is InChI=1S/C23H24Cl2N4O3S/c1-23(2,3)29(22(30)31)16-7-5-9-18(13-16)33-11-10-32-17-8-4-6-15(12-17)27-20-19(24)14-26-21(25)28-20/h4-9,12-14H,10-11H2,1-3H3,(H,30,31)(H,26,27,28). The Kier molecular flexibility index (Phi) is 8.29. The summed E-state index contributed by atoms with van der Waals surface area (Å²) in [5.41, 5.74) is 0.849. The Morgan fingerprint density at radius 2 is 1.94 bits per heavy atom. The summed E-state index contributed by atoms with van der Waals surface area (Å²) in [5, 5.41) is 13.2. The number of anilines is 3. The molecule has 0 unspecified atom stereocenters. The maximum absolute atomic E-state index is 11.7. The van der Waals surface area contributed by atoms with Crippen LogP contribution >= 0.6 is 35.0 Å². The van der Waals surface area contributed by atoms with Gasteiger partial charge in [0.05, 0.1) is 12.8 Å². The van der Waals surface area contributed by atoms with Gasteiger partial charge in [-0.3, -0.25) is 4.90 Å². The molecule has 0 bridgehead atoms. The molecule has 2 aromatic carbocycles. The lowest BCUT2D eigenvalue weighted by atomic mass is 10.1. The zero-order chi connectivity index (χ0) is 24.0. The van der Waals surface area contributed by atoms with E-state index in [1.807, 2.05) is 63.2 Å². The van der Waals surface area contributed by atoms with Crippen molar-refractivity contribution in [1.29, 1.82) is 0 Å². The van der Waals surface area contributed by atoms with Gasteiger partial charge in [-0.25, -0.2) is 9.78 Å². The van der Waals surface area contributed by atoms with E-state index in [9.17, 15) is 9.90 Å². The summed E-state index contributed by atoms with van der Waals surface area (Å²) in [6, 6.07) is 14.9. The number of nitrogens with one attached hydrogen (secondary N) is 1. The van der Waals surface area contributed by atoms with Crippen LogP contribution in [0.2, 0.25) is 10.3 Å². The first-order chi connectivity index (χ1) is 15.6. The van der Waals surface area contributed by atoms with Crippen molar-refractivity contribution < 1.29 is 14.6 Å². The summed E-state index contributed by atoms with van der Waals surface area (Å²) in [4.78, 5) is 22.0. The number of nitrogens with zero attached hydrogens (tertiary/aromatic N) is 3. The van der Waals surface area contributed by atoms with Crippen molar-refractivity contribution in [2.24, 2.45) is 0 Å². The summed E-state index contributed by atoms with van der Waals surface area (Å²) >= 11 is 13.5. The van der Waals surface area contributed by atoms with Crippen molar-refractivity contribution in [2.45, 2.75) is 31.2 Å². The van der Waals surface area contributed by atoms with Crippen molar-refractivity contribution >= 4 is 58.2 Å². The summed E-state index contributed by atoms with van der Waals surface area (Å²) in [6.07, 6.45) is 0.454. The van der Waals surface area contributed by atoms with Crippen LogP contribution in [0.25, 0.3) is 0 Å². The summed E-state index contributed by atoms with van der Waals surface area (Å²) < 4.78 is 5.87. The van der Waals surface area contributed by atoms with Crippen molar-refractivity contribution in [2.75, 3.05) is 22.6 Å². The Morgan fingerprint density at radius 1 is 1.18 bits per heavy atom. The van der Waals surface area contributed by atoms with Gasteiger partial charge < -0.3 is 15.2 Å². The minimum atomic E-state index is -0.980. The molecule has 2 N–H and O–H groups in total. The fraction of sp³-hybridized carbons (Fsp3) is 0.261. The predicted molar refractivity (Wildman–Crippen MR) is 135 cm³/mol. The summed E-state index contributed by atoms with van der Waals surface area (Å²) in [5.74, 6) is 1.79. The number of aromatic nitrogens is 2. The van der Waals surface area contributed by atoms with Crippen molar-refractivity contribution in [3.8, 4) is 5.75 Å². The number of hydrogen-bond donors (Lipinski definition) is 2. The number of halogens is 2. The van der Waals surface area contributed by atoms with Crippen LogP contribution in [0.15, 0.2) is 59.6 Å². The van der Waals surface area contributed by atoms with Crippen LogP contribution in [0, 0.1) is 0 Å². The minimum absolute atomic E-state index is 0.101. The van der Waals surface area contributed by atoms with Crippen LogP contribution in [0.4, 0.5) is 22.0 Å². The average Bonchev–Trinajstić information content (AvgIpc) is 2.73. The van der Waals surface area contributed by atoms with Crippen molar-refractivity contribution in [3.05, 3.63) is 65.0 Å². The van der Waals surface area contributed by atoms with E-state index in [1.165, 1.54) is 11.1 Å². The molecular weight excluding hydrogens is 483 g/mol. The number of hydrogen-bond acceptors (Lipinski definition) is 6. The molecule has 0 saturated carbocycles. The maximum atomic E-state index is 11.7. The Balaban J connectivity index is 1.57. The smallest absolute Gasteiger partial charge is 0.412 e. The van der Waals surface area contributed by atoms with Crippen LogP contribution in [0.5, 0.6) is 5.75 Å². The van der Waals surface area contributed by atoms with Crippen molar-refractivity contribution in [1.82, 2.24) is 9.97 Å². The van der Waals surface area contributed by atoms with Gasteiger partial charge in [0.1, 0.15) is 10.8 Å². The summed E-state index contributed by atoms with van der Waals surface area (Å²) in [7, 11) is 0. The number of benzene rings is 2. The average molecular weight is 507 g/mol. The van der Waals surface area contributed by atoms with Gasteiger partial charge >= 0.3 is 6.09 Å². The highest BCUT2D eigenvalue weighted by Gasteiger charge is 2.27. The molecule has 33 heavy (non-hydrogen) atoms. The van der Waals surface area contributed by atoms with Gasteiger partial charge in [-0.2, -0.15) is 4.98 Å². The molecule has 1 amide bonds. The Labute approximate surface area is 207 Å². The first kappa shape index (κ1) is 25.0. The van der Waals surface area contributed by atoms with Crippen LogP contribution in [-0.2, 0) is 0 Å². The van der Waals surface area contributed by atoms with Gasteiger partial charge in [0, 0.05) is 33.6 Å². The quantitative estimate of drug-likeness (QED) is 0.193. The van der Waals surface area contributed by atoms with Gasteiger partial charge in [-0.1, -0.05) is 23.7 Å². The van der Waals surface area contributed by atoms with E-state index in [-0.39, 0.29) is 5.28 Å².